The van der Waals surface area contributed by atoms with E-state index in [2.05, 4.69) is 31.4 Å². The fraction of sp³-hybridized carbons (Fsp3) is 0.333. The van der Waals surface area contributed by atoms with E-state index in [0.29, 0.717) is 17.1 Å². The predicted octanol–water partition coefficient (Wildman–Crippen LogP) is 4.47. The first kappa shape index (κ1) is 26.4. The zero-order valence-corrected chi connectivity index (χ0v) is 21.3. The third-order valence-corrected chi connectivity index (χ3v) is 5.44. The quantitative estimate of drug-likeness (QED) is 0.486. The molecule has 0 saturated heterocycles. The summed E-state index contributed by atoms with van der Waals surface area (Å²) in [7, 11) is 1.53. The molecular weight excluding hydrogens is 456 g/mol. The first-order valence-electron chi connectivity index (χ1n) is 11.6. The molecule has 0 radical (unpaired) electrons. The number of rotatable bonds is 8. The zero-order chi connectivity index (χ0) is 26.3. The Morgan fingerprint density at radius 3 is 2.44 bits per heavy atom. The van der Waals surface area contributed by atoms with Crippen LogP contribution in [0.15, 0.2) is 54.6 Å². The maximum Gasteiger partial charge on any atom is 0.322 e. The van der Waals surface area contributed by atoms with Crippen LogP contribution in [0.5, 0.6) is 0 Å². The third-order valence-electron chi connectivity index (χ3n) is 5.44. The van der Waals surface area contributed by atoms with Gasteiger partial charge in [-0.25, -0.2) is 9.48 Å². The van der Waals surface area contributed by atoms with E-state index in [1.165, 1.54) is 12.0 Å². The summed E-state index contributed by atoms with van der Waals surface area (Å²) in [4.78, 5) is 27.4. The molecule has 1 aromatic heterocycles. The van der Waals surface area contributed by atoms with Crippen LogP contribution < -0.4 is 10.6 Å². The van der Waals surface area contributed by atoms with Crippen LogP contribution in [0.25, 0.3) is 5.69 Å². The van der Waals surface area contributed by atoms with Crippen molar-refractivity contribution in [2.24, 2.45) is 0 Å². The molecule has 9 heteroatoms. The summed E-state index contributed by atoms with van der Waals surface area (Å²) < 4.78 is 6.84. The van der Waals surface area contributed by atoms with Crippen LogP contribution in [0.2, 0.25) is 0 Å². The lowest BCUT2D eigenvalue weighted by atomic mass is 9.92. The molecule has 9 nitrogen and oxygen atoms in total. The van der Waals surface area contributed by atoms with Gasteiger partial charge in [0.25, 0.3) is 0 Å². The van der Waals surface area contributed by atoms with Gasteiger partial charge in [-0.05, 0) is 48.9 Å². The van der Waals surface area contributed by atoms with E-state index in [-0.39, 0.29) is 31.0 Å². The molecule has 3 aromatic rings. The van der Waals surface area contributed by atoms with Crippen molar-refractivity contribution in [3.8, 4) is 11.8 Å². The van der Waals surface area contributed by atoms with Crippen molar-refractivity contribution in [3.63, 3.8) is 0 Å². The second kappa shape index (κ2) is 11.5. The number of nitriles is 1. The molecule has 0 aliphatic heterocycles. The maximum atomic E-state index is 13.1. The smallest absolute Gasteiger partial charge is 0.322 e. The summed E-state index contributed by atoms with van der Waals surface area (Å²) in [6, 6.07) is 17.8. The molecule has 0 unspecified atom stereocenters. The van der Waals surface area contributed by atoms with E-state index in [4.69, 9.17) is 15.1 Å². The highest BCUT2D eigenvalue weighted by atomic mass is 16.5. The van der Waals surface area contributed by atoms with Gasteiger partial charge in [-0.3, -0.25) is 4.79 Å². The Kier molecular flexibility index (Phi) is 8.46. The van der Waals surface area contributed by atoms with Gasteiger partial charge in [0.15, 0.2) is 0 Å². The van der Waals surface area contributed by atoms with Gasteiger partial charge in [-0.1, -0.05) is 32.9 Å². The second-order valence-corrected chi connectivity index (χ2v) is 9.50. The Bertz CT molecular complexity index is 1250. The van der Waals surface area contributed by atoms with Crippen molar-refractivity contribution >= 4 is 23.4 Å². The van der Waals surface area contributed by atoms with Crippen molar-refractivity contribution in [2.45, 2.75) is 33.1 Å². The Morgan fingerprint density at radius 2 is 1.83 bits per heavy atom. The summed E-state index contributed by atoms with van der Waals surface area (Å²) >= 11 is 0. The number of hydrogen-bond acceptors (Lipinski definition) is 5. The molecule has 2 N–H and O–H groups in total. The van der Waals surface area contributed by atoms with Crippen LogP contribution in [0, 0.1) is 18.3 Å². The summed E-state index contributed by atoms with van der Waals surface area (Å²) in [6.45, 7) is 8.47. The van der Waals surface area contributed by atoms with E-state index in [1.807, 2.05) is 43.3 Å². The molecule has 1 heterocycles. The molecule has 0 atom stereocenters. The fourth-order valence-electron chi connectivity index (χ4n) is 3.43. The SMILES string of the molecule is COCCN(CC(=O)Nc1cc(C(C)(C)C)nn1-c1cccc(C)c1)C(=O)Nc1ccc(C#N)cc1. The first-order chi connectivity index (χ1) is 17.1. The molecule has 0 fully saturated rings. The highest BCUT2D eigenvalue weighted by molar-refractivity contribution is 5.96. The van der Waals surface area contributed by atoms with Crippen molar-refractivity contribution < 1.29 is 14.3 Å². The zero-order valence-electron chi connectivity index (χ0n) is 21.3. The number of aryl methyl sites for hydroxylation is 1. The Balaban J connectivity index is 1.79. The molecule has 0 saturated carbocycles. The van der Waals surface area contributed by atoms with Crippen molar-refractivity contribution in [1.29, 1.82) is 5.26 Å². The third kappa shape index (κ3) is 6.93. The van der Waals surface area contributed by atoms with Crippen LogP contribution in [-0.2, 0) is 14.9 Å². The largest absolute Gasteiger partial charge is 0.383 e. The minimum atomic E-state index is -0.450. The summed E-state index contributed by atoms with van der Waals surface area (Å²) in [5, 5.41) is 19.4. The van der Waals surface area contributed by atoms with Gasteiger partial charge in [0, 0.05) is 30.8 Å². The molecule has 0 bridgehead atoms. The van der Waals surface area contributed by atoms with Crippen molar-refractivity contribution in [2.75, 3.05) is 37.4 Å². The molecule has 0 spiro atoms. The number of benzene rings is 2. The lowest BCUT2D eigenvalue weighted by Gasteiger charge is -2.22. The number of carbonyl (C=O) groups excluding carboxylic acids is 2. The molecular formula is C27H32N6O3. The van der Waals surface area contributed by atoms with E-state index in [0.717, 1.165) is 16.9 Å². The number of hydrogen-bond donors (Lipinski definition) is 2. The molecule has 3 rings (SSSR count). The topological polar surface area (TPSA) is 112 Å². The van der Waals surface area contributed by atoms with Crippen molar-refractivity contribution in [3.05, 3.63) is 71.4 Å². The lowest BCUT2D eigenvalue weighted by Crippen LogP contribution is -2.42. The number of carbonyl (C=O) groups is 2. The molecule has 0 aliphatic carbocycles. The Labute approximate surface area is 211 Å². The van der Waals surface area contributed by atoms with Crippen LogP contribution >= 0.6 is 0 Å². The Morgan fingerprint density at radius 1 is 1.11 bits per heavy atom. The van der Waals surface area contributed by atoms with Gasteiger partial charge in [0.2, 0.25) is 5.91 Å². The molecule has 3 amide bonds. The minimum Gasteiger partial charge on any atom is -0.383 e. The van der Waals surface area contributed by atoms with E-state index in [9.17, 15) is 9.59 Å². The van der Waals surface area contributed by atoms with Gasteiger partial charge in [-0.2, -0.15) is 10.4 Å². The average Bonchev–Trinajstić information content (AvgIpc) is 3.26. The number of amides is 3. The Hall–Kier alpha value is -4.16. The van der Waals surface area contributed by atoms with Crippen LogP contribution in [0.4, 0.5) is 16.3 Å². The summed E-state index contributed by atoms with van der Waals surface area (Å²) in [6.07, 6.45) is 0. The number of nitrogens with zero attached hydrogens (tertiary/aromatic N) is 4. The highest BCUT2D eigenvalue weighted by Crippen LogP contribution is 2.26. The van der Waals surface area contributed by atoms with Gasteiger partial charge >= 0.3 is 6.03 Å². The van der Waals surface area contributed by atoms with Gasteiger partial charge in [-0.15, -0.1) is 0 Å². The monoisotopic (exact) mass is 488 g/mol. The standard InChI is InChI=1S/C27H32N6O3/c1-19-7-6-8-22(15-19)33-24(16-23(31-33)27(2,3)4)30-25(34)18-32(13-14-36-5)26(35)29-21-11-9-20(17-28)10-12-21/h6-12,15-16H,13-14,18H2,1-5H3,(H,29,35)(H,30,34). The van der Waals surface area contributed by atoms with Crippen LogP contribution in [0.1, 0.15) is 37.6 Å². The van der Waals surface area contributed by atoms with Crippen molar-refractivity contribution in [1.82, 2.24) is 14.7 Å². The summed E-state index contributed by atoms with van der Waals surface area (Å²) in [5.74, 6) is 0.157. The molecule has 36 heavy (non-hydrogen) atoms. The highest BCUT2D eigenvalue weighted by Gasteiger charge is 2.23. The fourth-order valence-corrected chi connectivity index (χ4v) is 3.43. The number of aromatic nitrogens is 2. The minimum absolute atomic E-state index is 0.185. The van der Waals surface area contributed by atoms with E-state index >= 15 is 0 Å². The predicted molar refractivity (Wildman–Crippen MR) is 139 cm³/mol. The number of methoxy groups -OCH3 is 1. The molecule has 188 valence electrons. The normalized spacial score (nSPS) is 11.0. The summed E-state index contributed by atoms with van der Waals surface area (Å²) in [5.41, 5.74) is 3.52. The number of anilines is 2. The van der Waals surface area contributed by atoms with Crippen LogP contribution in [-0.4, -0.2) is 53.4 Å². The molecule has 0 aliphatic rings. The van der Waals surface area contributed by atoms with E-state index in [1.54, 1.807) is 28.9 Å². The van der Waals surface area contributed by atoms with Gasteiger partial charge < -0.3 is 20.3 Å². The molecule has 2 aromatic carbocycles. The van der Waals surface area contributed by atoms with E-state index < -0.39 is 6.03 Å². The second-order valence-electron chi connectivity index (χ2n) is 9.50. The van der Waals surface area contributed by atoms with Gasteiger partial charge in [0.1, 0.15) is 12.4 Å². The number of ether oxygens (including phenoxy) is 1. The lowest BCUT2D eigenvalue weighted by molar-refractivity contribution is -0.116. The van der Waals surface area contributed by atoms with Gasteiger partial charge in [0.05, 0.1) is 29.6 Å². The number of nitrogens with one attached hydrogen (secondary N) is 2. The first-order valence-corrected chi connectivity index (χ1v) is 11.6. The maximum absolute atomic E-state index is 13.1. The van der Waals surface area contributed by atoms with Crippen LogP contribution in [0.3, 0.4) is 0 Å². The average molecular weight is 489 g/mol. The number of urea groups is 1.